The molecule has 0 fully saturated rings. The van der Waals surface area contributed by atoms with Gasteiger partial charge in [0.05, 0.1) is 10.2 Å². The molecule has 0 saturated carbocycles. The second-order valence-corrected chi connectivity index (χ2v) is 3.04. The zero-order valence-electron chi connectivity index (χ0n) is 5.53. The molecule has 3 heteroatoms. The summed E-state index contributed by atoms with van der Waals surface area (Å²) >= 11 is 1.67. The van der Waals surface area contributed by atoms with Gasteiger partial charge in [0.25, 0.3) is 0 Å². The molecule has 50 valence electrons. The van der Waals surface area contributed by atoms with E-state index in [0.717, 1.165) is 16.0 Å². The fourth-order valence-corrected chi connectivity index (χ4v) is 1.55. The van der Waals surface area contributed by atoms with Gasteiger partial charge in [0.2, 0.25) is 0 Å². The highest BCUT2D eigenvalue weighted by molar-refractivity contribution is 7.17. The Morgan fingerprint density at radius 1 is 1.50 bits per heavy atom. The van der Waals surface area contributed by atoms with E-state index in [4.69, 9.17) is 0 Å². The van der Waals surface area contributed by atoms with Crippen molar-refractivity contribution in [2.75, 3.05) is 0 Å². The number of rotatable bonds is 0. The average Bonchev–Trinajstić information content (AvgIpc) is 2.33. The highest BCUT2D eigenvalue weighted by Crippen LogP contribution is 2.16. The van der Waals surface area contributed by atoms with Crippen molar-refractivity contribution in [2.45, 2.75) is 6.92 Å². The topological polar surface area (TPSA) is 25.8 Å². The highest BCUT2D eigenvalue weighted by atomic mass is 32.1. The van der Waals surface area contributed by atoms with Crippen LogP contribution in [0.2, 0.25) is 0 Å². The van der Waals surface area contributed by atoms with E-state index in [0.29, 0.717) is 0 Å². The number of hydrogen-bond acceptors (Lipinski definition) is 3. The molecule has 0 aliphatic carbocycles. The normalized spacial score (nSPS) is 10.5. The van der Waals surface area contributed by atoms with E-state index >= 15 is 0 Å². The van der Waals surface area contributed by atoms with E-state index in [1.807, 2.05) is 24.6 Å². The first-order valence-electron chi connectivity index (χ1n) is 3.03. The molecule has 2 nitrogen and oxygen atoms in total. The molecule has 0 spiro atoms. The van der Waals surface area contributed by atoms with Crippen molar-refractivity contribution in [2.24, 2.45) is 0 Å². The van der Waals surface area contributed by atoms with Crippen LogP contribution < -0.4 is 0 Å². The number of nitrogens with zero attached hydrogens (tertiary/aromatic N) is 2. The second kappa shape index (κ2) is 2.02. The summed E-state index contributed by atoms with van der Waals surface area (Å²) in [6.07, 6.45) is 1.86. The lowest BCUT2D eigenvalue weighted by Crippen LogP contribution is -1.83. The Kier molecular flexibility index (Phi) is 1.17. The molecule has 0 amide bonds. The summed E-state index contributed by atoms with van der Waals surface area (Å²) < 4.78 is 1.16. The monoisotopic (exact) mass is 150 g/mol. The lowest BCUT2D eigenvalue weighted by molar-refractivity contribution is 1.10. The molecule has 2 rings (SSSR count). The first-order valence-corrected chi connectivity index (χ1v) is 3.91. The molecule has 0 atom stereocenters. The smallest absolute Gasteiger partial charge is 0.125 e. The minimum atomic E-state index is 0.839. The van der Waals surface area contributed by atoms with Crippen molar-refractivity contribution >= 4 is 21.6 Å². The van der Waals surface area contributed by atoms with Crippen molar-refractivity contribution in [3.8, 4) is 0 Å². The van der Waals surface area contributed by atoms with Crippen molar-refractivity contribution in [1.82, 2.24) is 9.97 Å². The number of thiophene rings is 1. The van der Waals surface area contributed by atoms with Gasteiger partial charge in [0.15, 0.2) is 0 Å². The van der Waals surface area contributed by atoms with Crippen LogP contribution in [0.1, 0.15) is 5.82 Å². The van der Waals surface area contributed by atoms with Crippen LogP contribution in [0.25, 0.3) is 10.2 Å². The van der Waals surface area contributed by atoms with Crippen molar-refractivity contribution in [3.63, 3.8) is 0 Å². The predicted octanol–water partition coefficient (Wildman–Crippen LogP) is 2.00. The van der Waals surface area contributed by atoms with Crippen LogP contribution in [-0.2, 0) is 0 Å². The van der Waals surface area contributed by atoms with Gasteiger partial charge in [0, 0.05) is 6.20 Å². The van der Waals surface area contributed by atoms with Gasteiger partial charge in [-0.2, -0.15) is 0 Å². The van der Waals surface area contributed by atoms with Crippen LogP contribution in [0.3, 0.4) is 0 Å². The van der Waals surface area contributed by atoms with Gasteiger partial charge >= 0.3 is 0 Å². The van der Waals surface area contributed by atoms with Crippen molar-refractivity contribution < 1.29 is 0 Å². The maximum atomic E-state index is 4.23. The highest BCUT2D eigenvalue weighted by Gasteiger charge is 1.94. The molecule has 0 aromatic carbocycles. The Morgan fingerprint density at radius 3 is 3.30 bits per heavy atom. The van der Waals surface area contributed by atoms with E-state index in [9.17, 15) is 0 Å². The van der Waals surface area contributed by atoms with Gasteiger partial charge < -0.3 is 0 Å². The fourth-order valence-electron chi connectivity index (χ4n) is 0.858. The van der Waals surface area contributed by atoms with E-state index in [-0.39, 0.29) is 0 Å². The van der Waals surface area contributed by atoms with Crippen LogP contribution in [0.15, 0.2) is 17.6 Å². The zero-order valence-corrected chi connectivity index (χ0v) is 6.35. The van der Waals surface area contributed by atoms with E-state index in [2.05, 4.69) is 9.97 Å². The molecule has 0 radical (unpaired) electrons. The summed E-state index contributed by atoms with van der Waals surface area (Å²) in [6.45, 7) is 1.90. The van der Waals surface area contributed by atoms with Gasteiger partial charge in [-0.15, -0.1) is 11.3 Å². The average molecular weight is 150 g/mol. The van der Waals surface area contributed by atoms with Gasteiger partial charge in [-0.05, 0) is 18.4 Å². The standard InChI is InChI=1S/C7H6N2S/c1-5-8-4-7-6(9-5)2-3-10-7/h2-4H,1H3. The van der Waals surface area contributed by atoms with E-state index in [1.165, 1.54) is 0 Å². The molecule has 10 heavy (non-hydrogen) atoms. The van der Waals surface area contributed by atoms with Crippen LogP contribution >= 0.6 is 11.3 Å². The summed E-state index contributed by atoms with van der Waals surface area (Å²) in [4.78, 5) is 8.31. The van der Waals surface area contributed by atoms with Crippen molar-refractivity contribution in [3.05, 3.63) is 23.5 Å². The Hall–Kier alpha value is -0.960. The molecule has 0 saturated heterocycles. The molecule has 2 aromatic rings. The minimum Gasteiger partial charge on any atom is -0.240 e. The Bertz CT molecular complexity index is 353. The summed E-state index contributed by atoms with van der Waals surface area (Å²) in [7, 11) is 0. The third-order valence-electron chi connectivity index (χ3n) is 1.32. The summed E-state index contributed by atoms with van der Waals surface area (Å²) in [5.74, 6) is 0.839. The van der Waals surface area contributed by atoms with Crippen molar-refractivity contribution in [1.29, 1.82) is 0 Å². The number of aromatic nitrogens is 2. The number of hydrogen-bond donors (Lipinski definition) is 0. The summed E-state index contributed by atoms with van der Waals surface area (Å²) in [5, 5.41) is 2.03. The molecular formula is C7H6N2S. The van der Waals surface area contributed by atoms with Gasteiger partial charge in [-0.3, -0.25) is 0 Å². The van der Waals surface area contributed by atoms with Crippen LogP contribution in [-0.4, -0.2) is 9.97 Å². The lowest BCUT2D eigenvalue weighted by atomic mass is 10.5. The third kappa shape index (κ3) is 0.789. The van der Waals surface area contributed by atoms with E-state index in [1.54, 1.807) is 11.3 Å². The lowest BCUT2D eigenvalue weighted by Gasteiger charge is -1.88. The van der Waals surface area contributed by atoms with Crippen LogP contribution in [0.5, 0.6) is 0 Å². The van der Waals surface area contributed by atoms with Crippen LogP contribution in [0.4, 0.5) is 0 Å². The molecular weight excluding hydrogens is 144 g/mol. The summed E-state index contributed by atoms with van der Waals surface area (Å²) in [6, 6.07) is 2.01. The molecule has 2 aromatic heterocycles. The predicted molar refractivity (Wildman–Crippen MR) is 42.2 cm³/mol. The molecule has 0 aliphatic rings. The summed E-state index contributed by atoms with van der Waals surface area (Å²) in [5.41, 5.74) is 1.05. The number of fused-ring (bicyclic) bond motifs is 1. The second-order valence-electron chi connectivity index (χ2n) is 2.09. The fraction of sp³-hybridized carbons (Fsp3) is 0.143. The first-order chi connectivity index (χ1) is 4.86. The van der Waals surface area contributed by atoms with Gasteiger partial charge in [-0.1, -0.05) is 0 Å². The maximum Gasteiger partial charge on any atom is 0.125 e. The largest absolute Gasteiger partial charge is 0.240 e. The Labute approximate surface area is 62.6 Å². The number of aryl methyl sites for hydroxylation is 1. The van der Waals surface area contributed by atoms with Gasteiger partial charge in [-0.25, -0.2) is 9.97 Å². The van der Waals surface area contributed by atoms with E-state index < -0.39 is 0 Å². The van der Waals surface area contributed by atoms with Gasteiger partial charge in [0.1, 0.15) is 5.82 Å². The van der Waals surface area contributed by atoms with Crippen LogP contribution in [0, 0.1) is 6.92 Å². The molecule has 0 N–H and O–H groups in total. The quantitative estimate of drug-likeness (QED) is 0.574. The zero-order chi connectivity index (χ0) is 6.97. The molecule has 0 aliphatic heterocycles. The Balaban J connectivity index is 2.86. The Morgan fingerprint density at radius 2 is 2.40 bits per heavy atom. The molecule has 2 heterocycles. The SMILES string of the molecule is Cc1ncc2sccc2n1. The maximum absolute atomic E-state index is 4.23. The molecule has 0 unspecified atom stereocenters. The minimum absolute atomic E-state index is 0.839. The molecule has 0 bridgehead atoms. The third-order valence-corrected chi connectivity index (χ3v) is 2.16. The first kappa shape index (κ1) is 5.80.